The Labute approximate surface area is 194 Å². The number of nitrogens with zero attached hydrogens (tertiary/aromatic N) is 5. The lowest BCUT2D eigenvalue weighted by Crippen LogP contribution is -2.37. The summed E-state index contributed by atoms with van der Waals surface area (Å²) in [5.41, 5.74) is 1.91. The van der Waals surface area contributed by atoms with Gasteiger partial charge in [-0.25, -0.2) is 15.0 Å². The van der Waals surface area contributed by atoms with Crippen LogP contribution in [-0.2, 0) is 4.79 Å². The molecule has 0 saturated carbocycles. The third-order valence-electron chi connectivity index (χ3n) is 5.35. The first-order valence-corrected chi connectivity index (χ1v) is 10.4. The Morgan fingerprint density at radius 1 is 0.912 bits per heavy atom. The molecule has 10 nitrogen and oxygen atoms in total. The Hall–Kier alpha value is -4.86. The molecule has 3 heterocycles. The second-order valence-corrected chi connectivity index (χ2v) is 7.60. The molecule has 0 atom stereocenters. The van der Waals surface area contributed by atoms with Gasteiger partial charge in [0.2, 0.25) is 5.91 Å². The molecule has 0 saturated heterocycles. The van der Waals surface area contributed by atoms with Gasteiger partial charge in [-0.1, -0.05) is 12.1 Å². The van der Waals surface area contributed by atoms with Crippen LogP contribution in [0.3, 0.4) is 0 Å². The number of carbonyl (C=O) groups is 3. The normalized spacial score (nSPS) is 12.6. The number of aromatic nitrogens is 4. The Kier molecular flexibility index (Phi) is 5.30. The first kappa shape index (κ1) is 21.0. The fraction of sp³-hybridized carbons (Fsp3) is 0.0833. The lowest BCUT2D eigenvalue weighted by Gasteiger charge is -2.14. The standard InChI is InChI=1S/C24H19N7O3/c1-15-25-10-11-30(15)21-12-20(26-14-27-21)28-16-6-8-17(9-7-16)29-22(32)13-31-23(33)18-4-2-3-5-19(18)24(31)34/h2-12,14H,13H2,1H3,(H,29,32)(H,26,27,28). The van der Waals surface area contributed by atoms with Crippen LogP contribution in [-0.4, -0.2) is 48.7 Å². The molecule has 0 unspecified atom stereocenters. The molecule has 2 aromatic heterocycles. The van der Waals surface area contributed by atoms with Crippen molar-refractivity contribution in [3.63, 3.8) is 0 Å². The van der Waals surface area contributed by atoms with Crippen molar-refractivity contribution in [2.45, 2.75) is 6.92 Å². The van der Waals surface area contributed by atoms with Crippen LogP contribution in [0.1, 0.15) is 26.5 Å². The summed E-state index contributed by atoms with van der Waals surface area (Å²) < 4.78 is 1.85. The van der Waals surface area contributed by atoms with Crippen LogP contribution in [0.15, 0.2) is 73.3 Å². The summed E-state index contributed by atoms with van der Waals surface area (Å²) in [7, 11) is 0. The number of rotatable bonds is 6. The summed E-state index contributed by atoms with van der Waals surface area (Å²) in [5.74, 6) is 0.693. The number of imide groups is 1. The zero-order chi connectivity index (χ0) is 23.7. The van der Waals surface area contributed by atoms with Gasteiger partial charge in [0.05, 0.1) is 11.1 Å². The molecule has 3 amide bonds. The van der Waals surface area contributed by atoms with Crippen molar-refractivity contribution >= 4 is 34.9 Å². The number of benzene rings is 2. The van der Waals surface area contributed by atoms with Gasteiger partial charge in [0.25, 0.3) is 11.8 Å². The van der Waals surface area contributed by atoms with Crippen molar-refractivity contribution in [3.05, 3.63) is 90.3 Å². The van der Waals surface area contributed by atoms with Crippen molar-refractivity contribution < 1.29 is 14.4 Å². The van der Waals surface area contributed by atoms with Crippen LogP contribution >= 0.6 is 0 Å². The van der Waals surface area contributed by atoms with Gasteiger partial charge in [0, 0.05) is 29.8 Å². The molecular formula is C24H19N7O3. The molecule has 0 bridgehead atoms. The van der Waals surface area contributed by atoms with Gasteiger partial charge in [-0.15, -0.1) is 0 Å². The summed E-state index contributed by atoms with van der Waals surface area (Å²) in [4.78, 5) is 51.0. The van der Waals surface area contributed by atoms with E-state index in [0.29, 0.717) is 28.5 Å². The third kappa shape index (κ3) is 3.99. The highest BCUT2D eigenvalue weighted by atomic mass is 16.2. The summed E-state index contributed by atoms with van der Waals surface area (Å²) in [6.45, 7) is 1.53. The maximum absolute atomic E-state index is 12.5. The second-order valence-electron chi connectivity index (χ2n) is 7.60. The monoisotopic (exact) mass is 453 g/mol. The number of nitrogens with one attached hydrogen (secondary N) is 2. The molecule has 0 fully saturated rings. The maximum Gasteiger partial charge on any atom is 0.262 e. The quantitative estimate of drug-likeness (QED) is 0.431. The Morgan fingerprint density at radius 3 is 2.24 bits per heavy atom. The molecule has 2 aromatic carbocycles. The topological polar surface area (TPSA) is 122 Å². The van der Waals surface area contributed by atoms with E-state index in [4.69, 9.17) is 0 Å². The van der Waals surface area contributed by atoms with Crippen LogP contribution in [0.25, 0.3) is 5.82 Å². The van der Waals surface area contributed by atoms with E-state index in [0.717, 1.165) is 16.4 Å². The Balaban J connectivity index is 1.22. The summed E-state index contributed by atoms with van der Waals surface area (Å²) in [6, 6.07) is 15.3. The lowest BCUT2D eigenvalue weighted by atomic mass is 10.1. The molecule has 1 aliphatic heterocycles. The summed E-state index contributed by atoms with van der Waals surface area (Å²) in [6.07, 6.45) is 4.98. The van der Waals surface area contributed by atoms with Crippen LogP contribution in [0.2, 0.25) is 0 Å². The van der Waals surface area contributed by atoms with E-state index < -0.39 is 17.7 Å². The lowest BCUT2D eigenvalue weighted by molar-refractivity contribution is -0.116. The van der Waals surface area contributed by atoms with E-state index in [2.05, 4.69) is 25.6 Å². The highest BCUT2D eigenvalue weighted by Crippen LogP contribution is 2.23. The Morgan fingerprint density at radius 2 is 1.59 bits per heavy atom. The number of hydrogen-bond donors (Lipinski definition) is 2. The van der Waals surface area contributed by atoms with Gasteiger partial charge in [-0.3, -0.25) is 23.9 Å². The number of hydrogen-bond acceptors (Lipinski definition) is 7. The van der Waals surface area contributed by atoms with Crippen molar-refractivity contribution in [3.8, 4) is 5.82 Å². The van der Waals surface area contributed by atoms with Crippen LogP contribution in [0, 0.1) is 6.92 Å². The fourth-order valence-corrected chi connectivity index (χ4v) is 3.68. The van der Waals surface area contributed by atoms with E-state index >= 15 is 0 Å². The van der Waals surface area contributed by atoms with Crippen LogP contribution in [0.4, 0.5) is 17.2 Å². The first-order valence-electron chi connectivity index (χ1n) is 10.4. The van der Waals surface area contributed by atoms with Gasteiger partial charge in [0.15, 0.2) is 0 Å². The zero-order valence-corrected chi connectivity index (χ0v) is 18.1. The third-order valence-corrected chi connectivity index (χ3v) is 5.35. The largest absolute Gasteiger partial charge is 0.340 e. The van der Waals surface area contributed by atoms with E-state index in [-0.39, 0.29) is 6.54 Å². The molecular weight excluding hydrogens is 434 g/mol. The minimum atomic E-state index is -0.467. The van der Waals surface area contributed by atoms with Gasteiger partial charge in [-0.05, 0) is 43.3 Å². The number of anilines is 3. The van der Waals surface area contributed by atoms with Gasteiger partial charge in [0.1, 0.15) is 30.3 Å². The molecule has 10 heteroatoms. The number of aryl methyl sites for hydroxylation is 1. The summed E-state index contributed by atoms with van der Waals surface area (Å²) in [5, 5.41) is 5.90. The second kappa shape index (κ2) is 8.58. The van der Waals surface area contributed by atoms with Crippen molar-refractivity contribution in [1.82, 2.24) is 24.4 Å². The highest BCUT2D eigenvalue weighted by molar-refractivity contribution is 6.22. The molecule has 2 N–H and O–H groups in total. The van der Waals surface area contributed by atoms with Crippen molar-refractivity contribution in [2.24, 2.45) is 0 Å². The Bertz CT molecular complexity index is 1380. The fourth-order valence-electron chi connectivity index (χ4n) is 3.68. The number of carbonyl (C=O) groups excluding carboxylic acids is 3. The summed E-state index contributed by atoms with van der Waals surface area (Å²) >= 11 is 0. The molecule has 1 aliphatic rings. The minimum absolute atomic E-state index is 0.312. The first-order chi connectivity index (χ1) is 16.5. The van der Waals surface area contributed by atoms with Gasteiger partial charge < -0.3 is 10.6 Å². The predicted octanol–water partition coefficient (Wildman–Crippen LogP) is 2.95. The number of fused-ring (bicyclic) bond motifs is 1. The van der Waals surface area contributed by atoms with Crippen molar-refractivity contribution in [2.75, 3.05) is 17.2 Å². The zero-order valence-electron chi connectivity index (χ0n) is 18.1. The van der Waals surface area contributed by atoms with Crippen LogP contribution < -0.4 is 10.6 Å². The van der Waals surface area contributed by atoms with E-state index in [1.54, 1.807) is 60.8 Å². The smallest absolute Gasteiger partial charge is 0.262 e. The van der Waals surface area contributed by atoms with Crippen LogP contribution in [0.5, 0.6) is 0 Å². The molecule has 4 aromatic rings. The molecule has 0 radical (unpaired) electrons. The van der Waals surface area contributed by atoms with Gasteiger partial charge in [-0.2, -0.15) is 0 Å². The van der Waals surface area contributed by atoms with E-state index in [1.165, 1.54) is 6.33 Å². The SMILES string of the molecule is Cc1nccn1-c1cc(Nc2ccc(NC(=O)CN3C(=O)c4ccccc4C3=O)cc2)ncn1. The highest BCUT2D eigenvalue weighted by Gasteiger charge is 2.36. The minimum Gasteiger partial charge on any atom is -0.340 e. The van der Waals surface area contributed by atoms with E-state index in [9.17, 15) is 14.4 Å². The van der Waals surface area contributed by atoms with E-state index in [1.807, 2.05) is 17.7 Å². The average molecular weight is 453 g/mol. The number of imidazole rings is 1. The molecule has 0 aliphatic carbocycles. The molecule has 34 heavy (non-hydrogen) atoms. The molecule has 5 rings (SSSR count). The van der Waals surface area contributed by atoms with Crippen molar-refractivity contribution in [1.29, 1.82) is 0 Å². The molecule has 0 spiro atoms. The molecule has 168 valence electrons. The maximum atomic E-state index is 12.5. The predicted molar refractivity (Wildman–Crippen MR) is 124 cm³/mol. The van der Waals surface area contributed by atoms with Gasteiger partial charge >= 0.3 is 0 Å². The number of amides is 3. The average Bonchev–Trinajstić information content (AvgIpc) is 3.38.